The van der Waals surface area contributed by atoms with E-state index in [1.807, 2.05) is 0 Å². The molecule has 0 saturated carbocycles. The Hall–Kier alpha value is -2.35. The van der Waals surface area contributed by atoms with Gasteiger partial charge in [0.05, 0.1) is 6.42 Å². The molecule has 0 unspecified atom stereocenters. The number of hydrogen-bond acceptors (Lipinski definition) is 2. The molecule has 5 heteroatoms. The number of benzene rings is 1. The Balaban J connectivity index is 2.61. The fourth-order valence-electron chi connectivity index (χ4n) is 1.40. The summed E-state index contributed by atoms with van der Waals surface area (Å²) in [7, 11) is 0. The van der Waals surface area contributed by atoms with Crippen molar-refractivity contribution in [2.75, 3.05) is 6.54 Å². The van der Waals surface area contributed by atoms with Gasteiger partial charge in [-0.2, -0.15) is 0 Å². The topological polar surface area (TPSA) is 66.4 Å². The molecule has 1 amide bonds. The highest BCUT2D eigenvalue weighted by atomic mass is 19.1. The smallest absolute Gasteiger partial charge is 0.307 e. The molecule has 1 aromatic carbocycles. The highest BCUT2D eigenvalue weighted by Gasteiger charge is 2.06. The molecule has 0 aromatic heterocycles. The molecule has 0 spiro atoms. The van der Waals surface area contributed by atoms with Gasteiger partial charge >= 0.3 is 5.97 Å². The van der Waals surface area contributed by atoms with E-state index in [2.05, 4.69) is 17.2 Å². The second-order valence-electron chi connectivity index (χ2n) is 3.91. The van der Waals surface area contributed by atoms with Crippen molar-refractivity contribution in [3.63, 3.8) is 0 Å². The zero-order valence-electron chi connectivity index (χ0n) is 10.5. The summed E-state index contributed by atoms with van der Waals surface area (Å²) in [5.41, 5.74) is 0.616. The summed E-state index contributed by atoms with van der Waals surface area (Å²) in [6.07, 6.45) is 0.125. The first kappa shape index (κ1) is 14.7. The van der Waals surface area contributed by atoms with Crippen LogP contribution < -0.4 is 5.32 Å². The lowest BCUT2D eigenvalue weighted by Crippen LogP contribution is -2.20. The van der Waals surface area contributed by atoms with Crippen molar-refractivity contribution in [1.29, 1.82) is 0 Å². The molecule has 0 bridgehead atoms. The van der Waals surface area contributed by atoms with Crippen LogP contribution in [0.4, 0.5) is 4.39 Å². The molecule has 1 aromatic rings. The normalized spacial score (nSPS) is 9.37. The van der Waals surface area contributed by atoms with Crippen LogP contribution in [0, 0.1) is 17.7 Å². The Morgan fingerprint density at radius 2 is 2.16 bits per heavy atom. The molecule has 0 aliphatic heterocycles. The molecule has 0 aliphatic rings. The number of carboxylic acid groups (broad SMARTS) is 1. The van der Waals surface area contributed by atoms with Gasteiger partial charge in [0.25, 0.3) is 0 Å². The van der Waals surface area contributed by atoms with Crippen LogP contribution in [0.3, 0.4) is 0 Å². The van der Waals surface area contributed by atoms with Crippen molar-refractivity contribution in [1.82, 2.24) is 5.32 Å². The van der Waals surface area contributed by atoms with Crippen LogP contribution in [0.2, 0.25) is 0 Å². The molecule has 19 heavy (non-hydrogen) atoms. The monoisotopic (exact) mass is 263 g/mol. The van der Waals surface area contributed by atoms with Gasteiger partial charge in [-0.05, 0) is 17.7 Å². The van der Waals surface area contributed by atoms with Gasteiger partial charge in [-0.25, -0.2) is 4.39 Å². The van der Waals surface area contributed by atoms with E-state index in [1.54, 1.807) is 6.07 Å². The number of aliphatic carboxylic acids is 1. The first-order valence-corrected chi connectivity index (χ1v) is 5.72. The lowest BCUT2D eigenvalue weighted by Gasteiger charge is -2.00. The van der Waals surface area contributed by atoms with E-state index < -0.39 is 11.8 Å². The summed E-state index contributed by atoms with van der Waals surface area (Å²) in [5.74, 6) is 3.78. The maximum absolute atomic E-state index is 13.5. The van der Waals surface area contributed by atoms with Crippen LogP contribution in [-0.4, -0.2) is 23.5 Å². The minimum Gasteiger partial charge on any atom is -0.481 e. The molecule has 100 valence electrons. The molecule has 4 nitrogen and oxygen atoms in total. The van der Waals surface area contributed by atoms with E-state index in [0.29, 0.717) is 18.5 Å². The molecule has 0 saturated heterocycles. The van der Waals surface area contributed by atoms with Crippen LogP contribution in [-0.2, 0) is 16.0 Å². The third kappa shape index (κ3) is 5.68. The molecule has 0 radical (unpaired) electrons. The SMILES string of the molecule is CC(=O)NCCC#Cc1ccc(CC(=O)O)c(F)c1. The summed E-state index contributed by atoms with van der Waals surface area (Å²) in [4.78, 5) is 21.1. The maximum atomic E-state index is 13.5. The number of amides is 1. The number of nitrogens with one attached hydrogen (secondary N) is 1. The van der Waals surface area contributed by atoms with Gasteiger partial charge in [0.1, 0.15) is 5.82 Å². The molecular weight excluding hydrogens is 249 g/mol. The number of rotatable bonds is 4. The maximum Gasteiger partial charge on any atom is 0.307 e. The Kier molecular flexibility index (Phi) is 5.55. The fraction of sp³-hybridized carbons (Fsp3) is 0.286. The zero-order chi connectivity index (χ0) is 14.3. The van der Waals surface area contributed by atoms with Crippen molar-refractivity contribution in [3.05, 3.63) is 35.1 Å². The number of hydrogen-bond donors (Lipinski definition) is 2. The van der Waals surface area contributed by atoms with E-state index in [0.717, 1.165) is 0 Å². The van der Waals surface area contributed by atoms with E-state index in [9.17, 15) is 14.0 Å². The predicted octanol–water partition coefficient (Wildman–Crippen LogP) is 1.33. The molecule has 0 aliphatic carbocycles. The van der Waals surface area contributed by atoms with Crippen molar-refractivity contribution in [2.24, 2.45) is 0 Å². The van der Waals surface area contributed by atoms with Crippen molar-refractivity contribution in [2.45, 2.75) is 19.8 Å². The minimum absolute atomic E-state index is 0.120. The summed E-state index contributed by atoms with van der Waals surface area (Å²) >= 11 is 0. The number of carbonyl (C=O) groups is 2. The quantitative estimate of drug-likeness (QED) is 0.636. The van der Waals surface area contributed by atoms with Crippen molar-refractivity contribution >= 4 is 11.9 Å². The predicted molar refractivity (Wildman–Crippen MR) is 67.9 cm³/mol. The molecule has 1 rings (SSSR count). The van der Waals surface area contributed by atoms with E-state index in [1.165, 1.54) is 19.1 Å². The van der Waals surface area contributed by atoms with Gasteiger partial charge in [-0.15, -0.1) is 0 Å². The Bertz CT molecular complexity index is 543. The van der Waals surface area contributed by atoms with E-state index in [-0.39, 0.29) is 17.9 Å². The van der Waals surface area contributed by atoms with Gasteiger partial charge in [0.15, 0.2) is 0 Å². The zero-order valence-corrected chi connectivity index (χ0v) is 10.5. The minimum atomic E-state index is -1.08. The molecule has 0 fully saturated rings. The van der Waals surface area contributed by atoms with Gasteiger partial charge in [0, 0.05) is 25.5 Å². The second-order valence-corrected chi connectivity index (χ2v) is 3.91. The molecule has 0 atom stereocenters. The summed E-state index contributed by atoms with van der Waals surface area (Å²) in [6, 6.07) is 4.21. The summed E-state index contributed by atoms with van der Waals surface area (Å²) in [5, 5.41) is 11.2. The lowest BCUT2D eigenvalue weighted by atomic mass is 10.1. The Morgan fingerprint density at radius 3 is 2.74 bits per heavy atom. The van der Waals surface area contributed by atoms with Gasteiger partial charge < -0.3 is 10.4 Å². The number of carboxylic acids is 1. The van der Waals surface area contributed by atoms with Gasteiger partial charge in [-0.1, -0.05) is 17.9 Å². The molecular formula is C14H14FNO3. The number of halogens is 1. The third-order valence-corrected chi connectivity index (χ3v) is 2.25. The van der Waals surface area contributed by atoms with Gasteiger partial charge in [0.2, 0.25) is 5.91 Å². The second kappa shape index (κ2) is 7.17. The average molecular weight is 263 g/mol. The highest BCUT2D eigenvalue weighted by Crippen LogP contribution is 2.10. The Labute approximate surface area is 110 Å². The molecule has 2 N–H and O–H groups in total. The van der Waals surface area contributed by atoms with Crippen LogP contribution >= 0.6 is 0 Å². The van der Waals surface area contributed by atoms with Crippen LogP contribution in [0.1, 0.15) is 24.5 Å². The van der Waals surface area contributed by atoms with Gasteiger partial charge in [-0.3, -0.25) is 9.59 Å². The average Bonchev–Trinajstić information content (AvgIpc) is 2.31. The summed E-state index contributed by atoms with van der Waals surface area (Å²) < 4.78 is 13.5. The van der Waals surface area contributed by atoms with Crippen LogP contribution in [0.5, 0.6) is 0 Å². The van der Waals surface area contributed by atoms with Crippen molar-refractivity contribution in [3.8, 4) is 11.8 Å². The highest BCUT2D eigenvalue weighted by molar-refractivity contribution is 5.72. The first-order chi connectivity index (χ1) is 8.99. The van der Waals surface area contributed by atoms with E-state index in [4.69, 9.17) is 5.11 Å². The van der Waals surface area contributed by atoms with Crippen LogP contribution in [0.15, 0.2) is 18.2 Å². The summed E-state index contributed by atoms with van der Waals surface area (Å²) in [6.45, 7) is 1.87. The Morgan fingerprint density at radius 1 is 1.42 bits per heavy atom. The lowest BCUT2D eigenvalue weighted by molar-refractivity contribution is -0.136. The molecule has 0 heterocycles. The van der Waals surface area contributed by atoms with Crippen LogP contribution in [0.25, 0.3) is 0 Å². The largest absolute Gasteiger partial charge is 0.481 e. The fourth-order valence-corrected chi connectivity index (χ4v) is 1.40. The van der Waals surface area contributed by atoms with Crippen molar-refractivity contribution < 1.29 is 19.1 Å². The third-order valence-electron chi connectivity index (χ3n) is 2.25. The number of carbonyl (C=O) groups excluding carboxylic acids is 1. The first-order valence-electron chi connectivity index (χ1n) is 5.72. The standard InChI is InChI=1S/C14H14FNO3/c1-10(17)16-7-3-2-4-11-5-6-12(9-14(18)19)13(15)8-11/h5-6,8H,3,7,9H2,1H3,(H,16,17)(H,18,19). The van der Waals surface area contributed by atoms with E-state index >= 15 is 0 Å².